The molecule has 0 saturated heterocycles. The van der Waals surface area contributed by atoms with Crippen LogP contribution in [0.25, 0.3) is 16.9 Å². The quantitative estimate of drug-likeness (QED) is 0.662. The molecular weight excluding hydrogens is 373 g/mol. The number of nitrogens with two attached hydrogens (primary N) is 1. The molecule has 1 aromatic heterocycles. The largest absolute Gasteiger partial charge is 0.396 e. The minimum absolute atomic E-state index is 0.522. The summed E-state index contributed by atoms with van der Waals surface area (Å²) in [7, 11) is 0. The molecule has 0 atom stereocenters. The number of hydrogen-bond donors (Lipinski definition) is 1. The molecule has 3 rings (SSSR count). The minimum atomic E-state index is 0.522. The molecular formula is C15H10BrCl2N3. The second-order valence-corrected chi connectivity index (χ2v) is 6.24. The third-order valence-corrected chi connectivity index (χ3v) is 4.04. The van der Waals surface area contributed by atoms with Crippen molar-refractivity contribution in [1.82, 2.24) is 9.78 Å². The van der Waals surface area contributed by atoms with E-state index in [9.17, 15) is 0 Å². The summed E-state index contributed by atoms with van der Waals surface area (Å²) in [4.78, 5) is 0. The molecule has 6 heteroatoms. The highest BCUT2D eigenvalue weighted by Crippen LogP contribution is 2.33. The van der Waals surface area contributed by atoms with E-state index in [1.54, 1.807) is 23.0 Å². The fourth-order valence-electron chi connectivity index (χ4n) is 2.03. The zero-order valence-corrected chi connectivity index (χ0v) is 13.8. The van der Waals surface area contributed by atoms with Gasteiger partial charge in [0.15, 0.2) is 0 Å². The standard InChI is InChI=1S/C15H10BrCl2N3/c16-9-2-1-3-11(6-9)21-8-14(19)15(20-21)12-5-4-10(17)7-13(12)18/h1-8H,19H2. The van der Waals surface area contributed by atoms with Crippen LogP contribution in [0.4, 0.5) is 5.69 Å². The van der Waals surface area contributed by atoms with Crippen molar-refractivity contribution in [3.63, 3.8) is 0 Å². The maximum Gasteiger partial charge on any atom is 0.117 e. The van der Waals surface area contributed by atoms with Gasteiger partial charge in [0.25, 0.3) is 0 Å². The predicted molar refractivity (Wildman–Crippen MR) is 91.1 cm³/mol. The van der Waals surface area contributed by atoms with Crippen molar-refractivity contribution < 1.29 is 0 Å². The third kappa shape index (κ3) is 2.93. The number of nitrogens with zero attached hydrogens (tertiary/aromatic N) is 2. The molecule has 2 aromatic carbocycles. The average molecular weight is 383 g/mol. The Morgan fingerprint density at radius 3 is 2.62 bits per heavy atom. The Kier molecular flexibility index (Phi) is 3.93. The van der Waals surface area contributed by atoms with E-state index in [1.807, 2.05) is 30.3 Å². The van der Waals surface area contributed by atoms with Crippen molar-refractivity contribution in [2.24, 2.45) is 0 Å². The number of anilines is 1. The maximum atomic E-state index is 6.22. The van der Waals surface area contributed by atoms with Crippen LogP contribution in [-0.4, -0.2) is 9.78 Å². The fourth-order valence-corrected chi connectivity index (χ4v) is 2.91. The lowest BCUT2D eigenvalue weighted by Gasteiger charge is -2.03. The lowest BCUT2D eigenvalue weighted by Crippen LogP contribution is -1.94. The van der Waals surface area contributed by atoms with Crippen molar-refractivity contribution in [3.8, 4) is 16.9 Å². The number of hydrogen-bond acceptors (Lipinski definition) is 2. The van der Waals surface area contributed by atoms with Crippen LogP contribution in [0.2, 0.25) is 10.0 Å². The lowest BCUT2D eigenvalue weighted by atomic mass is 10.1. The molecule has 1 heterocycles. The molecule has 106 valence electrons. The first-order valence-corrected chi connectivity index (χ1v) is 7.66. The van der Waals surface area contributed by atoms with Gasteiger partial charge in [-0.1, -0.05) is 45.2 Å². The highest BCUT2D eigenvalue weighted by molar-refractivity contribution is 9.10. The van der Waals surface area contributed by atoms with Gasteiger partial charge in [-0.3, -0.25) is 0 Å². The molecule has 0 saturated carbocycles. The van der Waals surface area contributed by atoms with Crippen LogP contribution in [0.3, 0.4) is 0 Å². The molecule has 0 radical (unpaired) electrons. The molecule has 0 unspecified atom stereocenters. The number of benzene rings is 2. The maximum absolute atomic E-state index is 6.22. The van der Waals surface area contributed by atoms with Gasteiger partial charge in [0.1, 0.15) is 5.69 Å². The van der Waals surface area contributed by atoms with Crippen LogP contribution in [-0.2, 0) is 0 Å². The third-order valence-electron chi connectivity index (χ3n) is 3.00. The Bertz CT molecular complexity index is 814. The number of rotatable bonds is 2. The van der Waals surface area contributed by atoms with Gasteiger partial charge in [0, 0.05) is 15.1 Å². The predicted octanol–water partition coefficient (Wildman–Crippen LogP) is 5.19. The number of nitrogen functional groups attached to an aromatic ring is 1. The van der Waals surface area contributed by atoms with Gasteiger partial charge in [0.2, 0.25) is 0 Å². The van der Waals surface area contributed by atoms with E-state index < -0.39 is 0 Å². The van der Waals surface area contributed by atoms with Gasteiger partial charge in [0.05, 0.1) is 22.6 Å². The molecule has 0 amide bonds. The zero-order chi connectivity index (χ0) is 15.0. The van der Waals surface area contributed by atoms with Crippen LogP contribution in [0.1, 0.15) is 0 Å². The zero-order valence-electron chi connectivity index (χ0n) is 10.7. The van der Waals surface area contributed by atoms with Crippen molar-refractivity contribution in [3.05, 3.63) is 63.2 Å². The second kappa shape index (κ2) is 5.72. The number of halogens is 3. The Balaban J connectivity index is 2.10. The first kappa shape index (κ1) is 14.4. The molecule has 2 N–H and O–H groups in total. The monoisotopic (exact) mass is 381 g/mol. The second-order valence-electron chi connectivity index (χ2n) is 4.48. The summed E-state index contributed by atoms with van der Waals surface area (Å²) in [6, 6.07) is 13.1. The van der Waals surface area contributed by atoms with E-state index in [0.29, 0.717) is 21.4 Å². The van der Waals surface area contributed by atoms with Gasteiger partial charge in [-0.25, -0.2) is 4.68 Å². The van der Waals surface area contributed by atoms with Crippen LogP contribution < -0.4 is 5.73 Å². The highest BCUT2D eigenvalue weighted by atomic mass is 79.9. The van der Waals surface area contributed by atoms with Gasteiger partial charge >= 0.3 is 0 Å². The first-order chi connectivity index (χ1) is 10.0. The summed E-state index contributed by atoms with van der Waals surface area (Å²) in [6.07, 6.45) is 1.77. The summed E-state index contributed by atoms with van der Waals surface area (Å²) in [5, 5.41) is 5.62. The Hall–Kier alpha value is -1.49. The van der Waals surface area contributed by atoms with E-state index in [-0.39, 0.29) is 0 Å². The molecule has 0 aliphatic heterocycles. The molecule has 0 spiro atoms. The molecule has 0 fully saturated rings. The molecule has 3 nitrogen and oxygen atoms in total. The van der Waals surface area contributed by atoms with E-state index in [2.05, 4.69) is 21.0 Å². The fraction of sp³-hybridized carbons (Fsp3) is 0. The summed E-state index contributed by atoms with van der Waals surface area (Å²) in [5.41, 5.74) is 8.93. The SMILES string of the molecule is Nc1cn(-c2cccc(Br)c2)nc1-c1ccc(Cl)cc1Cl. The summed E-state index contributed by atoms with van der Waals surface area (Å²) < 4.78 is 2.69. The molecule has 3 aromatic rings. The molecule has 0 bridgehead atoms. The van der Waals surface area contributed by atoms with Gasteiger partial charge in [-0.2, -0.15) is 5.10 Å². The van der Waals surface area contributed by atoms with Gasteiger partial charge < -0.3 is 5.73 Å². The Morgan fingerprint density at radius 1 is 1.10 bits per heavy atom. The topological polar surface area (TPSA) is 43.8 Å². The molecule has 0 aliphatic carbocycles. The summed E-state index contributed by atoms with van der Waals surface area (Å²) in [5.74, 6) is 0. The summed E-state index contributed by atoms with van der Waals surface area (Å²) >= 11 is 15.6. The Morgan fingerprint density at radius 2 is 1.90 bits per heavy atom. The summed E-state index contributed by atoms with van der Waals surface area (Å²) in [6.45, 7) is 0. The van der Waals surface area contributed by atoms with Crippen molar-refractivity contribution in [2.75, 3.05) is 5.73 Å². The van der Waals surface area contributed by atoms with E-state index in [0.717, 1.165) is 15.7 Å². The smallest absolute Gasteiger partial charge is 0.117 e. The average Bonchev–Trinajstić information content (AvgIpc) is 2.81. The highest BCUT2D eigenvalue weighted by Gasteiger charge is 2.13. The van der Waals surface area contributed by atoms with Crippen molar-refractivity contribution >= 4 is 44.8 Å². The van der Waals surface area contributed by atoms with Crippen LogP contribution in [0.15, 0.2) is 53.1 Å². The first-order valence-electron chi connectivity index (χ1n) is 6.11. The Labute approximate surface area is 140 Å². The van der Waals surface area contributed by atoms with Crippen molar-refractivity contribution in [2.45, 2.75) is 0 Å². The lowest BCUT2D eigenvalue weighted by molar-refractivity contribution is 0.884. The van der Waals surface area contributed by atoms with E-state index >= 15 is 0 Å². The van der Waals surface area contributed by atoms with Gasteiger partial charge in [-0.05, 0) is 36.4 Å². The van der Waals surface area contributed by atoms with Crippen LogP contribution >= 0.6 is 39.1 Å². The van der Waals surface area contributed by atoms with Crippen LogP contribution in [0, 0.1) is 0 Å². The van der Waals surface area contributed by atoms with E-state index in [1.165, 1.54) is 0 Å². The normalized spacial score (nSPS) is 10.8. The van der Waals surface area contributed by atoms with Gasteiger partial charge in [-0.15, -0.1) is 0 Å². The molecule has 21 heavy (non-hydrogen) atoms. The van der Waals surface area contributed by atoms with E-state index in [4.69, 9.17) is 28.9 Å². The van der Waals surface area contributed by atoms with Crippen LogP contribution in [0.5, 0.6) is 0 Å². The van der Waals surface area contributed by atoms with Crippen molar-refractivity contribution in [1.29, 1.82) is 0 Å². The molecule has 0 aliphatic rings. The minimum Gasteiger partial charge on any atom is -0.396 e. The number of aromatic nitrogens is 2.